The number of aromatic nitrogens is 2. The maximum atomic E-state index is 12.8. The molecule has 3 rings (SSSR count). The molecular formula is C24H31Cl2N3O4. The lowest BCUT2D eigenvalue weighted by Gasteiger charge is -2.25. The van der Waals surface area contributed by atoms with E-state index in [-0.39, 0.29) is 24.4 Å². The summed E-state index contributed by atoms with van der Waals surface area (Å²) < 4.78 is 7.53. The second-order valence-electron chi connectivity index (χ2n) is 9.08. The Balaban J connectivity index is 1.72. The number of nitrogens with one attached hydrogen (secondary N) is 1. The summed E-state index contributed by atoms with van der Waals surface area (Å²) in [6.45, 7) is 4.44. The largest absolute Gasteiger partial charge is 0.480 e. The first kappa shape index (κ1) is 25.5. The number of imidazole rings is 1. The standard InChI is InChI=1S/C24H31Cl2N3O4/c1-15(2)7-22(24(32)33-20-5-3-4-6-20)28-21(23(30)31)11-19-12-27-14-29(19)13-16-8-17(25)10-18(26)9-16/h8-10,12,14-15,20-22,28H,3-7,11,13H2,1-2H3,(H,30,31)/t21-,22-/m0/s1. The van der Waals surface area contributed by atoms with Gasteiger partial charge in [-0.2, -0.15) is 0 Å². The Morgan fingerprint density at radius 3 is 2.45 bits per heavy atom. The van der Waals surface area contributed by atoms with Gasteiger partial charge in [-0.25, -0.2) is 4.98 Å². The molecule has 1 aliphatic rings. The minimum atomic E-state index is -1.03. The van der Waals surface area contributed by atoms with E-state index in [1.807, 2.05) is 30.5 Å². The Labute approximate surface area is 204 Å². The van der Waals surface area contributed by atoms with Crippen molar-refractivity contribution in [3.63, 3.8) is 0 Å². The van der Waals surface area contributed by atoms with Crippen LogP contribution in [0.25, 0.3) is 0 Å². The Bertz CT molecular complexity index is 937. The zero-order valence-electron chi connectivity index (χ0n) is 19.0. The third-order valence-corrected chi connectivity index (χ3v) is 6.20. The molecule has 1 fully saturated rings. The van der Waals surface area contributed by atoms with Crippen molar-refractivity contribution in [2.45, 2.75) is 77.1 Å². The molecule has 0 aliphatic heterocycles. The Morgan fingerprint density at radius 1 is 1.18 bits per heavy atom. The number of hydrogen-bond acceptors (Lipinski definition) is 5. The fraction of sp³-hybridized carbons (Fsp3) is 0.542. The van der Waals surface area contributed by atoms with E-state index in [0.29, 0.717) is 23.0 Å². The molecule has 0 radical (unpaired) electrons. The van der Waals surface area contributed by atoms with Crippen LogP contribution in [-0.2, 0) is 27.3 Å². The van der Waals surface area contributed by atoms with E-state index in [4.69, 9.17) is 27.9 Å². The van der Waals surface area contributed by atoms with E-state index in [2.05, 4.69) is 10.3 Å². The fourth-order valence-corrected chi connectivity index (χ4v) is 4.76. The molecule has 0 saturated heterocycles. The normalized spacial score (nSPS) is 16.2. The van der Waals surface area contributed by atoms with Gasteiger partial charge in [0.15, 0.2) is 0 Å². The maximum Gasteiger partial charge on any atom is 0.323 e. The lowest BCUT2D eigenvalue weighted by Crippen LogP contribution is -2.50. The molecule has 2 atom stereocenters. The third-order valence-electron chi connectivity index (χ3n) is 5.76. The van der Waals surface area contributed by atoms with E-state index >= 15 is 0 Å². The summed E-state index contributed by atoms with van der Waals surface area (Å²) in [7, 11) is 0. The first-order valence-corrected chi connectivity index (χ1v) is 12.1. The molecule has 1 heterocycles. The Morgan fingerprint density at radius 2 is 1.85 bits per heavy atom. The van der Waals surface area contributed by atoms with Crippen LogP contribution in [0.3, 0.4) is 0 Å². The van der Waals surface area contributed by atoms with Crippen LogP contribution in [0, 0.1) is 5.92 Å². The number of carboxylic acid groups (broad SMARTS) is 1. The predicted octanol–water partition coefficient (Wildman–Crippen LogP) is 4.72. The van der Waals surface area contributed by atoms with Crippen LogP contribution in [0.15, 0.2) is 30.7 Å². The molecule has 0 unspecified atom stereocenters. The van der Waals surface area contributed by atoms with E-state index in [1.54, 1.807) is 18.6 Å². The van der Waals surface area contributed by atoms with E-state index in [0.717, 1.165) is 36.9 Å². The second-order valence-corrected chi connectivity index (χ2v) is 9.95. The van der Waals surface area contributed by atoms with Crippen molar-refractivity contribution in [1.29, 1.82) is 0 Å². The molecule has 9 heteroatoms. The summed E-state index contributed by atoms with van der Waals surface area (Å²) >= 11 is 12.2. The first-order valence-electron chi connectivity index (χ1n) is 11.3. The van der Waals surface area contributed by atoms with Gasteiger partial charge in [-0.1, -0.05) is 37.0 Å². The molecule has 7 nitrogen and oxygen atoms in total. The van der Waals surface area contributed by atoms with Crippen molar-refractivity contribution in [3.8, 4) is 0 Å². The molecule has 1 aliphatic carbocycles. The van der Waals surface area contributed by atoms with Crippen LogP contribution in [0.2, 0.25) is 10.0 Å². The average molecular weight is 496 g/mol. The number of rotatable bonds is 11. The predicted molar refractivity (Wildman–Crippen MR) is 128 cm³/mol. The second kappa shape index (κ2) is 11.9. The highest BCUT2D eigenvalue weighted by atomic mass is 35.5. The SMILES string of the molecule is CC(C)C[C@H](N[C@@H](Cc1cncn1Cc1cc(Cl)cc(Cl)c1)C(=O)O)C(=O)OC1CCCC1. The van der Waals surface area contributed by atoms with Crippen LogP contribution >= 0.6 is 23.2 Å². The van der Waals surface area contributed by atoms with Crippen molar-refractivity contribution in [2.24, 2.45) is 5.92 Å². The number of carbonyl (C=O) groups excluding carboxylic acids is 1. The highest BCUT2D eigenvalue weighted by Crippen LogP contribution is 2.23. The van der Waals surface area contributed by atoms with Crippen molar-refractivity contribution in [3.05, 3.63) is 52.0 Å². The minimum Gasteiger partial charge on any atom is -0.480 e. The highest BCUT2D eigenvalue weighted by Gasteiger charge is 2.31. The molecule has 1 aromatic carbocycles. The van der Waals surface area contributed by atoms with Gasteiger partial charge >= 0.3 is 11.9 Å². The third kappa shape index (κ3) is 7.73. The number of aliphatic carboxylic acids is 1. The van der Waals surface area contributed by atoms with Crippen LogP contribution in [0.4, 0.5) is 0 Å². The molecule has 2 aromatic rings. The number of carbonyl (C=O) groups is 2. The van der Waals surface area contributed by atoms with E-state index in [9.17, 15) is 14.7 Å². The monoisotopic (exact) mass is 495 g/mol. The van der Waals surface area contributed by atoms with Gasteiger partial charge < -0.3 is 14.4 Å². The Hall–Kier alpha value is -2.09. The van der Waals surface area contributed by atoms with Crippen LogP contribution in [0.1, 0.15) is 57.2 Å². The molecule has 1 aromatic heterocycles. The number of halogens is 2. The topological polar surface area (TPSA) is 93.5 Å². The summed E-state index contributed by atoms with van der Waals surface area (Å²) in [5.41, 5.74) is 1.60. The highest BCUT2D eigenvalue weighted by molar-refractivity contribution is 6.34. The van der Waals surface area contributed by atoms with Gasteiger partial charge in [-0.3, -0.25) is 14.9 Å². The van der Waals surface area contributed by atoms with Crippen molar-refractivity contribution < 1.29 is 19.4 Å². The van der Waals surface area contributed by atoms with Gasteiger partial charge in [0.2, 0.25) is 0 Å². The summed E-state index contributed by atoms with van der Waals surface area (Å²) in [4.78, 5) is 29.1. The molecule has 1 saturated carbocycles. The van der Waals surface area contributed by atoms with Gasteiger partial charge in [-0.15, -0.1) is 0 Å². The lowest BCUT2D eigenvalue weighted by molar-refractivity contribution is -0.152. The molecule has 0 amide bonds. The summed E-state index contributed by atoms with van der Waals surface area (Å²) in [5, 5.41) is 14.0. The van der Waals surface area contributed by atoms with E-state index < -0.39 is 18.1 Å². The zero-order chi connectivity index (χ0) is 24.0. The van der Waals surface area contributed by atoms with Crippen molar-refractivity contribution in [2.75, 3.05) is 0 Å². The number of benzene rings is 1. The van der Waals surface area contributed by atoms with Gasteiger partial charge in [0, 0.05) is 34.9 Å². The molecule has 2 N–H and O–H groups in total. The van der Waals surface area contributed by atoms with E-state index in [1.165, 1.54) is 0 Å². The molecule has 33 heavy (non-hydrogen) atoms. The van der Waals surface area contributed by atoms with Gasteiger partial charge in [0.25, 0.3) is 0 Å². The average Bonchev–Trinajstić information content (AvgIpc) is 3.37. The summed E-state index contributed by atoms with van der Waals surface area (Å²) in [6, 6.07) is 3.62. The quantitative estimate of drug-likeness (QED) is 0.437. The number of carboxylic acids is 1. The van der Waals surface area contributed by atoms with Crippen LogP contribution < -0.4 is 5.32 Å². The minimum absolute atomic E-state index is 0.0665. The van der Waals surface area contributed by atoms with Crippen LogP contribution in [0.5, 0.6) is 0 Å². The fourth-order valence-electron chi connectivity index (χ4n) is 4.19. The number of hydrogen-bond donors (Lipinski definition) is 2. The summed E-state index contributed by atoms with van der Waals surface area (Å²) in [5.74, 6) is -1.20. The Kier molecular flexibility index (Phi) is 9.18. The number of esters is 1. The van der Waals surface area contributed by atoms with Crippen molar-refractivity contribution >= 4 is 35.1 Å². The number of nitrogens with zero attached hydrogens (tertiary/aromatic N) is 2. The molecular weight excluding hydrogens is 465 g/mol. The van der Waals surface area contributed by atoms with Gasteiger partial charge in [-0.05, 0) is 61.8 Å². The smallest absolute Gasteiger partial charge is 0.323 e. The van der Waals surface area contributed by atoms with Gasteiger partial charge in [0.1, 0.15) is 18.2 Å². The van der Waals surface area contributed by atoms with Gasteiger partial charge in [0.05, 0.1) is 6.33 Å². The van der Waals surface area contributed by atoms with Crippen LogP contribution in [-0.4, -0.2) is 44.8 Å². The zero-order valence-corrected chi connectivity index (χ0v) is 20.5. The first-order chi connectivity index (χ1) is 15.7. The van der Waals surface area contributed by atoms with Crippen molar-refractivity contribution in [1.82, 2.24) is 14.9 Å². The number of ether oxygens (including phenoxy) is 1. The maximum absolute atomic E-state index is 12.8. The molecule has 180 valence electrons. The summed E-state index contributed by atoms with van der Waals surface area (Å²) in [6.07, 6.45) is 7.72. The lowest BCUT2D eigenvalue weighted by atomic mass is 10.0. The molecule has 0 spiro atoms. The molecule has 0 bridgehead atoms.